The number of halogens is 1. The predicted molar refractivity (Wildman–Crippen MR) is 95.6 cm³/mol. The summed E-state index contributed by atoms with van der Waals surface area (Å²) in [5.74, 6) is 0.499. The molecular formula is C19H22ClNO2. The first-order chi connectivity index (χ1) is 10.8. The molecular weight excluding hydrogens is 310 g/mol. The van der Waals surface area contributed by atoms with Crippen LogP contribution in [0.1, 0.15) is 29.2 Å². The molecule has 1 amide bonds. The van der Waals surface area contributed by atoms with Gasteiger partial charge in [0.05, 0.1) is 10.7 Å². The third kappa shape index (κ3) is 4.05. The van der Waals surface area contributed by atoms with Crippen LogP contribution in [0.5, 0.6) is 5.75 Å². The molecule has 4 heteroatoms. The molecule has 2 aromatic rings. The molecule has 23 heavy (non-hydrogen) atoms. The van der Waals surface area contributed by atoms with Gasteiger partial charge < -0.3 is 10.1 Å². The van der Waals surface area contributed by atoms with Gasteiger partial charge in [-0.05, 0) is 69.0 Å². The summed E-state index contributed by atoms with van der Waals surface area (Å²) in [7, 11) is 0. The first kappa shape index (κ1) is 17.4. The van der Waals surface area contributed by atoms with Gasteiger partial charge >= 0.3 is 0 Å². The van der Waals surface area contributed by atoms with Crippen molar-refractivity contribution in [3.63, 3.8) is 0 Å². The van der Waals surface area contributed by atoms with Crippen LogP contribution in [0.25, 0.3) is 0 Å². The summed E-state index contributed by atoms with van der Waals surface area (Å²) in [6.45, 7) is 9.62. The SMILES string of the molecule is Cc1cc(C)c(NC(=O)C(C)Oc2cccc(C)c2C)c(Cl)c1. The molecule has 1 N–H and O–H groups in total. The molecule has 0 aliphatic heterocycles. The van der Waals surface area contributed by atoms with E-state index >= 15 is 0 Å². The van der Waals surface area contributed by atoms with Crippen molar-refractivity contribution < 1.29 is 9.53 Å². The summed E-state index contributed by atoms with van der Waals surface area (Å²) < 4.78 is 5.81. The molecule has 0 spiro atoms. The fourth-order valence-corrected chi connectivity index (χ4v) is 2.76. The fourth-order valence-electron chi connectivity index (χ4n) is 2.39. The highest BCUT2D eigenvalue weighted by molar-refractivity contribution is 6.34. The second-order valence-corrected chi connectivity index (χ2v) is 6.29. The van der Waals surface area contributed by atoms with E-state index in [2.05, 4.69) is 5.32 Å². The summed E-state index contributed by atoms with van der Waals surface area (Å²) in [6, 6.07) is 9.62. The fraction of sp³-hybridized carbons (Fsp3) is 0.316. The maximum atomic E-state index is 12.4. The van der Waals surface area contributed by atoms with Gasteiger partial charge in [0, 0.05) is 0 Å². The van der Waals surface area contributed by atoms with Crippen LogP contribution in [0.15, 0.2) is 30.3 Å². The van der Waals surface area contributed by atoms with E-state index in [0.29, 0.717) is 10.7 Å². The van der Waals surface area contributed by atoms with Crippen molar-refractivity contribution in [2.45, 2.75) is 40.7 Å². The molecule has 3 nitrogen and oxygen atoms in total. The zero-order valence-electron chi connectivity index (χ0n) is 14.2. The van der Waals surface area contributed by atoms with Gasteiger partial charge in [-0.15, -0.1) is 0 Å². The summed E-state index contributed by atoms with van der Waals surface area (Å²) in [5.41, 5.74) is 4.80. The monoisotopic (exact) mass is 331 g/mol. The lowest BCUT2D eigenvalue weighted by molar-refractivity contribution is -0.122. The largest absolute Gasteiger partial charge is 0.481 e. The van der Waals surface area contributed by atoms with Gasteiger partial charge in [0.2, 0.25) is 0 Å². The van der Waals surface area contributed by atoms with Crippen molar-refractivity contribution in [1.82, 2.24) is 0 Å². The number of hydrogen-bond acceptors (Lipinski definition) is 2. The summed E-state index contributed by atoms with van der Waals surface area (Å²) in [5, 5.41) is 3.40. The third-order valence-corrected chi connectivity index (χ3v) is 4.21. The molecule has 0 aromatic heterocycles. The number of amides is 1. The molecule has 1 unspecified atom stereocenters. The molecule has 0 fully saturated rings. The number of carbonyl (C=O) groups is 1. The second-order valence-electron chi connectivity index (χ2n) is 5.89. The molecule has 0 saturated heterocycles. The van der Waals surface area contributed by atoms with Crippen molar-refractivity contribution in [3.05, 3.63) is 57.6 Å². The molecule has 0 aliphatic carbocycles. The van der Waals surface area contributed by atoms with Gasteiger partial charge in [-0.2, -0.15) is 0 Å². The van der Waals surface area contributed by atoms with Gasteiger partial charge in [-0.3, -0.25) is 4.79 Å². The molecule has 0 heterocycles. The first-order valence-corrected chi connectivity index (χ1v) is 7.98. The molecule has 0 saturated carbocycles. The van der Waals surface area contributed by atoms with E-state index in [-0.39, 0.29) is 5.91 Å². The van der Waals surface area contributed by atoms with Crippen LogP contribution >= 0.6 is 11.6 Å². The Morgan fingerprint density at radius 2 is 1.83 bits per heavy atom. The topological polar surface area (TPSA) is 38.3 Å². The van der Waals surface area contributed by atoms with Crippen molar-refractivity contribution in [3.8, 4) is 5.75 Å². The number of ether oxygens (including phenoxy) is 1. The van der Waals surface area contributed by atoms with E-state index in [1.807, 2.05) is 58.0 Å². The normalized spacial score (nSPS) is 11.9. The Kier molecular flexibility index (Phi) is 5.32. The average Bonchev–Trinajstić information content (AvgIpc) is 2.47. The molecule has 0 bridgehead atoms. The van der Waals surface area contributed by atoms with Gasteiger partial charge in [0.1, 0.15) is 5.75 Å². The zero-order valence-corrected chi connectivity index (χ0v) is 14.9. The van der Waals surface area contributed by atoms with Crippen LogP contribution in [0.2, 0.25) is 5.02 Å². The lowest BCUT2D eigenvalue weighted by Gasteiger charge is -2.18. The highest BCUT2D eigenvalue weighted by atomic mass is 35.5. The van der Waals surface area contributed by atoms with E-state index in [0.717, 1.165) is 28.0 Å². The quantitative estimate of drug-likeness (QED) is 0.858. The van der Waals surface area contributed by atoms with E-state index in [9.17, 15) is 4.79 Å². The van der Waals surface area contributed by atoms with E-state index < -0.39 is 6.10 Å². The number of hydrogen-bond donors (Lipinski definition) is 1. The van der Waals surface area contributed by atoms with Crippen LogP contribution in [0, 0.1) is 27.7 Å². The van der Waals surface area contributed by atoms with Crippen LogP contribution in [-0.4, -0.2) is 12.0 Å². The average molecular weight is 332 g/mol. The van der Waals surface area contributed by atoms with Gasteiger partial charge in [0.25, 0.3) is 5.91 Å². The number of carbonyl (C=O) groups excluding carboxylic acids is 1. The minimum Gasteiger partial charge on any atom is -0.481 e. The molecule has 2 rings (SSSR count). The van der Waals surface area contributed by atoms with Crippen molar-refractivity contribution in [2.75, 3.05) is 5.32 Å². The standard InChI is InChI=1S/C19H22ClNO2/c1-11-9-13(3)18(16(20)10-11)21-19(22)15(5)23-17-8-6-7-12(2)14(17)4/h6-10,15H,1-5H3,(H,21,22). The lowest BCUT2D eigenvalue weighted by atomic mass is 10.1. The Balaban J connectivity index is 2.13. The van der Waals surface area contributed by atoms with Gasteiger partial charge in [-0.25, -0.2) is 0 Å². The molecule has 0 radical (unpaired) electrons. The van der Waals surface area contributed by atoms with E-state index in [1.165, 1.54) is 0 Å². The molecule has 0 aliphatic rings. The summed E-state index contributed by atoms with van der Waals surface area (Å²) >= 11 is 6.23. The minimum atomic E-state index is -0.618. The van der Waals surface area contributed by atoms with Crippen LogP contribution in [0.4, 0.5) is 5.69 Å². The first-order valence-electron chi connectivity index (χ1n) is 7.60. The van der Waals surface area contributed by atoms with Gasteiger partial charge in [-0.1, -0.05) is 29.8 Å². The van der Waals surface area contributed by atoms with E-state index in [4.69, 9.17) is 16.3 Å². The number of aryl methyl sites for hydroxylation is 3. The smallest absolute Gasteiger partial charge is 0.265 e. The maximum Gasteiger partial charge on any atom is 0.265 e. The molecule has 122 valence electrons. The Morgan fingerprint density at radius 1 is 1.13 bits per heavy atom. The highest BCUT2D eigenvalue weighted by Gasteiger charge is 2.18. The van der Waals surface area contributed by atoms with Crippen molar-refractivity contribution in [2.24, 2.45) is 0 Å². The van der Waals surface area contributed by atoms with Crippen LogP contribution < -0.4 is 10.1 Å². The van der Waals surface area contributed by atoms with Gasteiger partial charge in [0.15, 0.2) is 6.10 Å². The Hall–Kier alpha value is -2.00. The Labute approximate surface area is 142 Å². The van der Waals surface area contributed by atoms with E-state index in [1.54, 1.807) is 6.92 Å². The molecule has 1 atom stereocenters. The Bertz CT molecular complexity index is 717. The van der Waals surface area contributed by atoms with Crippen molar-refractivity contribution in [1.29, 1.82) is 0 Å². The maximum absolute atomic E-state index is 12.4. The molecule has 2 aromatic carbocycles. The summed E-state index contributed by atoms with van der Waals surface area (Å²) in [6.07, 6.45) is -0.618. The predicted octanol–water partition coefficient (Wildman–Crippen LogP) is 4.98. The third-order valence-electron chi connectivity index (χ3n) is 3.91. The number of anilines is 1. The summed E-state index contributed by atoms with van der Waals surface area (Å²) in [4.78, 5) is 12.4. The number of benzene rings is 2. The van der Waals surface area contributed by atoms with Crippen LogP contribution in [-0.2, 0) is 4.79 Å². The second kappa shape index (κ2) is 7.05. The highest BCUT2D eigenvalue weighted by Crippen LogP contribution is 2.28. The number of rotatable bonds is 4. The minimum absolute atomic E-state index is 0.222. The zero-order chi connectivity index (χ0) is 17.1. The Morgan fingerprint density at radius 3 is 2.48 bits per heavy atom. The lowest BCUT2D eigenvalue weighted by Crippen LogP contribution is -2.30. The van der Waals surface area contributed by atoms with Crippen molar-refractivity contribution >= 4 is 23.2 Å². The number of nitrogens with one attached hydrogen (secondary N) is 1. The van der Waals surface area contributed by atoms with Crippen LogP contribution in [0.3, 0.4) is 0 Å².